The van der Waals surface area contributed by atoms with Crippen molar-refractivity contribution in [3.8, 4) is 16.3 Å². The first-order chi connectivity index (χ1) is 11.5. The summed E-state index contributed by atoms with van der Waals surface area (Å²) in [6.07, 6.45) is 1.53. The summed E-state index contributed by atoms with van der Waals surface area (Å²) >= 11 is 9.31. The predicted molar refractivity (Wildman–Crippen MR) is 103 cm³/mol. The molecule has 0 spiro atoms. The number of nitrogen functional groups attached to an aromatic ring is 1. The van der Waals surface area contributed by atoms with E-state index in [1.54, 1.807) is 18.4 Å². The Morgan fingerprint density at radius 2 is 2.04 bits per heavy atom. The van der Waals surface area contributed by atoms with E-state index in [1.165, 1.54) is 16.2 Å². The Morgan fingerprint density at radius 3 is 2.75 bits per heavy atom. The first kappa shape index (κ1) is 17.2. The van der Waals surface area contributed by atoms with Gasteiger partial charge in [-0.1, -0.05) is 29.9 Å². The fourth-order valence-corrected chi connectivity index (χ4v) is 4.77. The lowest BCUT2D eigenvalue weighted by Gasteiger charge is -2.07. The molecule has 0 saturated heterocycles. The van der Waals surface area contributed by atoms with Crippen molar-refractivity contribution < 1.29 is 4.74 Å². The minimum atomic E-state index is 0.590. The van der Waals surface area contributed by atoms with E-state index in [0.29, 0.717) is 16.6 Å². The molecule has 24 heavy (non-hydrogen) atoms. The summed E-state index contributed by atoms with van der Waals surface area (Å²) in [5.74, 6) is 0.824. The van der Waals surface area contributed by atoms with Crippen LogP contribution in [0.15, 0.2) is 18.2 Å². The van der Waals surface area contributed by atoms with Gasteiger partial charge >= 0.3 is 0 Å². The highest BCUT2D eigenvalue weighted by Crippen LogP contribution is 2.37. The third-order valence-electron chi connectivity index (χ3n) is 3.69. The van der Waals surface area contributed by atoms with E-state index in [2.05, 4.69) is 18.8 Å². The van der Waals surface area contributed by atoms with E-state index in [4.69, 9.17) is 27.1 Å². The van der Waals surface area contributed by atoms with Gasteiger partial charge in [-0.05, 0) is 31.5 Å². The number of aryl methyl sites for hydroxylation is 2. The maximum Gasteiger partial charge on any atom is 0.180 e. The Hall–Kier alpha value is -1.63. The van der Waals surface area contributed by atoms with Crippen LogP contribution in [0.2, 0.25) is 5.02 Å². The van der Waals surface area contributed by atoms with Crippen LogP contribution >= 0.6 is 34.3 Å². The van der Waals surface area contributed by atoms with Gasteiger partial charge in [0, 0.05) is 21.9 Å². The number of benzene rings is 1. The number of aromatic nitrogens is 2. The number of nitrogens with two attached hydrogens (primary N) is 1. The Kier molecular flexibility index (Phi) is 5.08. The first-order valence-electron chi connectivity index (χ1n) is 7.56. The number of rotatable bonds is 5. The average molecular weight is 380 g/mol. The zero-order valence-corrected chi connectivity index (χ0v) is 16.1. The number of anilines is 1. The molecule has 0 unspecified atom stereocenters. The van der Waals surface area contributed by atoms with E-state index in [1.807, 2.05) is 18.2 Å². The molecule has 1 aromatic carbocycles. The Bertz CT molecular complexity index is 873. The Morgan fingerprint density at radius 1 is 1.25 bits per heavy atom. The van der Waals surface area contributed by atoms with Gasteiger partial charge in [-0.15, -0.1) is 11.3 Å². The second-order valence-electron chi connectivity index (χ2n) is 5.33. The zero-order valence-electron chi connectivity index (χ0n) is 13.7. The van der Waals surface area contributed by atoms with Crippen LogP contribution in [0.3, 0.4) is 0 Å². The smallest absolute Gasteiger partial charge is 0.180 e. The van der Waals surface area contributed by atoms with Crippen molar-refractivity contribution in [2.45, 2.75) is 26.7 Å². The summed E-state index contributed by atoms with van der Waals surface area (Å²) in [5.41, 5.74) is 8.91. The van der Waals surface area contributed by atoms with Gasteiger partial charge in [0.2, 0.25) is 0 Å². The lowest BCUT2D eigenvalue weighted by Crippen LogP contribution is -1.94. The lowest BCUT2D eigenvalue weighted by molar-refractivity contribution is 0.410. The van der Waals surface area contributed by atoms with E-state index >= 15 is 0 Å². The molecule has 0 atom stereocenters. The standard InChI is InChI=1S/C17H18ClN3OS2/c1-4-12-16(24-17(19)20-12)15-9(2)23-14(21-15)8-10-7-11(18)5-6-13(10)22-3/h5-7H,4,8H2,1-3H3,(H2,19,20). The van der Waals surface area contributed by atoms with Crippen molar-refractivity contribution in [1.29, 1.82) is 0 Å². The normalized spacial score (nSPS) is 11.0. The predicted octanol–water partition coefficient (Wildman–Crippen LogP) is 4.97. The van der Waals surface area contributed by atoms with Crippen LogP contribution < -0.4 is 10.5 Å². The molecule has 7 heteroatoms. The van der Waals surface area contributed by atoms with Crippen LogP contribution in [0.1, 0.15) is 28.1 Å². The summed E-state index contributed by atoms with van der Waals surface area (Å²) < 4.78 is 5.43. The molecule has 2 heterocycles. The first-order valence-corrected chi connectivity index (χ1v) is 9.57. The quantitative estimate of drug-likeness (QED) is 0.679. The zero-order chi connectivity index (χ0) is 17.3. The molecule has 0 fully saturated rings. The van der Waals surface area contributed by atoms with Crippen LogP contribution in [0.5, 0.6) is 5.75 Å². The van der Waals surface area contributed by atoms with Crippen LogP contribution in [-0.2, 0) is 12.8 Å². The van der Waals surface area contributed by atoms with Crippen LogP contribution in [-0.4, -0.2) is 17.1 Å². The summed E-state index contributed by atoms with van der Waals surface area (Å²) in [4.78, 5) is 11.5. The Labute approximate surface area is 154 Å². The molecule has 0 amide bonds. The maximum absolute atomic E-state index is 6.12. The SMILES string of the molecule is CCc1nc(N)sc1-c1nc(Cc2cc(Cl)ccc2OC)sc1C. The van der Waals surface area contributed by atoms with Crippen molar-refractivity contribution in [3.63, 3.8) is 0 Å². The van der Waals surface area contributed by atoms with Gasteiger partial charge in [-0.25, -0.2) is 9.97 Å². The number of nitrogens with zero attached hydrogens (tertiary/aromatic N) is 2. The third kappa shape index (κ3) is 3.41. The molecule has 0 aliphatic rings. The molecular weight excluding hydrogens is 362 g/mol. The summed E-state index contributed by atoms with van der Waals surface area (Å²) in [6.45, 7) is 4.17. The van der Waals surface area contributed by atoms with E-state index < -0.39 is 0 Å². The molecule has 0 aliphatic carbocycles. The number of thiazole rings is 2. The molecule has 4 nitrogen and oxygen atoms in total. The maximum atomic E-state index is 6.12. The highest BCUT2D eigenvalue weighted by atomic mass is 35.5. The van der Waals surface area contributed by atoms with Gasteiger partial charge in [-0.2, -0.15) is 0 Å². The van der Waals surface area contributed by atoms with E-state index in [0.717, 1.165) is 39.0 Å². The van der Waals surface area contributed by atoms with Crippen molar-refractivity contribution in [2.24, 2.45) is 0 Å². The van der Waals surface area contributed by atoms with Gasteiger partial charge in [0.05, 0.1) is 28.4 Å². The van der Waals surface area contributed by atoms with E-state index in [-0.39, 0.29) is 0 Å². The minimum absolute atomic E-state index is 0.590. The monoisotopic (exact) mass is 379 g/mol. The van der Waals surface area contributed by atoms with Gasteiger partial charge in [0.1, 0.15) is 5.75 Å². The Balaban J connectivity index is 1.96. The fourth-order valence-electron chi connectivity index (χ4n) is 2.58. The second-order valence-corrected chi connectivity index (χ2v) is 8.08. The highest BCUT2D eigenvalue weighted by Gasteiger charge is 2.18. The van der Waals surface area contributed by atoms with E-state index in [9.17, 15) is 0 Å². The number of hydrogen-bond acceptors (Lipinski definition) is 6. The molecule has 2 aromatic heterocycles. The van der Waals surface area contributed by atoms with Crippen LogP contribution in [0.25, 0.3) is 10.6 Å². The minimum Gasteiger partial charge on any atom is -0.496 e. The molecule has 0 radical (unpaired) electrons. The third-order valence-corrected chi connectivity index (χ3v) is 5.83. The second kappa shape index (κ2) is 7.09. The fraction of sp³-hybridized carbons (Fsp3) is 0.294. The van der Waals surface area contributed by atoms with Gasteiger partial charge in [-0.3, -0.25) is 0 Å². The summed E-state index contributed by atoms with van der Waals surface area (Å²) in [7, 11) is 1.67. The molecule has 0 bridgehead atoms. The largest absolute Gasteiger partial charge is 0.496 e. The topological polar surface area (TPSA) is 61.0 Å². The van der Waals surface area contributed by atoms with Gasteiger partial charge in [0.15, 0.2) is 5.13 Å². The number of hydrogen-bond donors (Lipinski definition) is 1. The average Bonchev–Trinajstić information content (AvgIpc) is 3.09. The summed E-state index contributed by atoms with van der Waals surface area (Å²) in [6, 6.07) is 5.65. The van der Waals surface area contributed by atoms with Crippen molar-refractivity contribution in [1.82, 2.24) is 9.97 Å². The molecule has 2 N–H and O–H groups in total. The number of methoxy groups -OCH3 is 1. The molecule has 0 saturated carbocycles. The molecule has 126 valence electrons. The molecular formula is C17H18ClN3OS2. The molecule has 0 aliphatic heterocycles. The van der Waals surface area contributed by atoms with Crippen molar-refractivity contribution in [2.75, 3.05) is 12.8 Å². The van der Waals surface area contributed by atoms with Gasteiger partial charge < -0.3 is 10.5 Å². The molecule has 3 aromatic rings. The highest BCUT2D eigenvalue weighted by molar-refractivity contribution is 7.19. The lowest BCUT2D eigenvalue weighted by atomic mass is 10.1. The summed E-state index contributed by atoms with van der Waals surface area (Å²) in [5, 5.41) is 2.31. The van der Waals surface area contributed by atoms with Crippen molar-refractivity contribution in [3.05, 3.63) is 44.4 Å². The van der Waals surface area contributed by atoms with Gasteiger partial charge in [0.25, 0.3) is 0 Å². The molecule has 3 rings (SSSR count). The number of ether oxygens (including phenoxy) is 1. The van der Waals surface area contributed by atoms with Crippen LogP contribution in [0, 0.1) is 6.92 Å². The number of halogens is 1. The van der Waals surface area contributed by atoms with Crippen molar-refractivity contribution >= 4 is 39.4 Å². The van der Waals surface area contributed by atoms with Crippen LogP contribution in [0.4, 0.5) is 5.13 Å².